The Balaban J connectivity index is 2.36. The molecular weight excluding hydrogens is 142 g/mol. The first-order valence-corrected chi connectivity index (χ1v) is 3.63. The maximum absolute atomic E-state index is 11.0. The zero-order valence-electron chi connectivity index (χ0n) is 6.29. The van der Waals surface area contributed by atoms with E-state index in [4.69, 9.17) is 11.5 Å². The van der Waals surface area contributed by atoms with Crippen molar-refractivity contribution in [2.24, 2.45) is 0 Å². The van der Waals surface area contributed by atoms with Gasteiger partial charge in [-0.15, -0.1) is 12.3 Å². The van der Waals surface area contributed by atoms with Gasteiger partial charge in [0.25, 0.3) is 0 Å². The molecule has 60 valence electrons. The van der Waals surface area contributed by atoms with Gasteiger partial charge in [-0.2, -0.15) is 0 Å². The van der Waals surface area contributed by atoms with Gasteiger partial charge in [0.15, 0.2) is 0 Å². The lowest BCUT2D eigenvalue weighted by atomic mass is 10.3. The molecule has 1 heterocycles. The number of hydrogen-bond acceptors (Lipinski definition) is 2. The predicted octanol–water partition coefficient (Wildman–Crippen LogP) is -0.397. The number of carbonyl (C=O) groups excluding carboxylic acids is 1. The Labute approximate surface area is 66.0 Å². The summed E-state index contributed by atoms with van der Waals surface area (Å²) in [4.78, 5) is 12.6. The Morgan fingerprint density at radius 2 is 2.55 bits per heavy atom. The molecule has 1 saturated heterocycles. The highest BCUT2D eigenvalue weighted by atomic mass is 16.3. The number of hydrogen-bond donors (Lipinski definition) is 1. The summed E-state index contributed by atoms with van der Waals surface area (Å²) in [6, 6.07) is 0. The van der Waals surface area contributed by atoms with Crippen LogP contribution in [0.15, 0.2) is 0 Å². The molecular formula is C8H11NO2. The van der Waals surface area contributed by atoms with E-state index in [1.54, 1.807) is 4.90 Å². The summed E-state index contributed by atoms with van der Waals surface area (Å²) in [6.45, 7) is 1.02. The topological polar surface area (TPSA) is 40.5 Å². The summed E-state index contributed by atoms with van der Waals surface area (Å²) in [6.07, 6.45) is 5.37. The fraction of sp³-hybridized carbons (Fsp3) is 0.625. The van der Waals surface area contributed by atoms with Crippen molar-refractivity contribution in [2.45, 2.75) is 18.9 Å². The molecule has 0 spiro atoms. The van der Waals surface area contributed by atoms with Gasteiger partial charge in [0.2, 0.25) is 5.91 Å². The highest BCUT2D eigenvalue weighted by Crippen LogP contribution is 2.10. The predicted molar refractivity (Wildman–Crippen MR) is 40.7 cm³/mol. The van der Waals surface area contributed by atoms with Crippen LogP contribution < -0.4 is 0 Å². The maximum atomic E-state index is 11.0. The molecule has 1 rings (SSSR count). The fourth-order valence-corrected chi connectivity index (χ4v) is 1.17. The normalized spacial score (nSPS) is 23.8. The molecule has 0 aromatic rings. The van der Waals surface area contributed by atoms with Crippen LogP contribution in [0.4, 0.5) is 0 Å². The van der Waals surface area contributed by atoms with Gasteiger partial charge in [0.05, 0.1) is 12.5 Å². The Bertz CT molecular complexity index is 195. The van der Waals surface area contributed by atoms with E-state index in [9.17, 15) is 4.79 Å². The zero-order valence-corrected chi connectivity index (χ0v) is 6.29. The Morgan fingerprint density at radius 1 is 1.82 bits per heavy atom. The van der Waals surface area contributed by atoms with Gasteiger partial charge in [-0.25, -0.2) is 0 Å². The minimum Gasteiger partial charge on any atom is -0.391 e. The Morgan fingerprint density at radius 3 is 3.00 bits per heavy atom. The SMILES string of the molecule is C#CCCN1CC(O)CC1=O. The van der Waals surface area contributed by atoms with Crippen LogP contribution in [0.25, 0.3) is 0 Å². The van der Waals surface area contributed by atoms with Crippen molar-refractivity contribution in [3.63, 3.8) is 0 Å². The van der Waals surface area contributed by atoms with Gasteiger partial charge in [-0.1, -0.05) is 0 Å². The number of aliphatic hydroxyl groups excluding tert-OH is 1. The van der Waals surface area contributed by atoms with Crippen LogP contribution in [-0.2, 0) is 4.79 Å². The van der Waals surface area contributed by atoms with Crippen molar-refractivity contribution >= 4 is 5.91 Å². The molecule has 1 atom stereocenters. The summed E-state index contributed by atoms with van der Waals surface area (Å²) in [5.74, 6) is 2.46. The van der Waals surface area contributed by atoms with Crippen LogP contribution in [0.2, 0.25) is 0 Å². The van der Waals surface area contributed by atoms with E-state index in [0.29, 0.717) is 19.5 Å². The van der Waals surface area contributed by atoms with Crippen LogP contribution in [0.3, 0.4) is 0 Å². The van der Waals surface area contributed by atoms with E-state index in [1.165, 1.54) is 0 Å². The van der Waals surface area contributed by atoms with E-state index in [2.05, 4.69) is 5.92 Å². The molecule has 0 bridgehead atoms. The van der Waals surface area contributed by atoms with E-state index >= 15 is 0 Å². The highest BCUT2D eigenvalue weighted by Gasteiger charge is 2.26. The van der Waals surface area contributed by atoms with Crippen LogP contribution in [0.1, 0.15) is 12.8 Å². The molecule has 1 unspecified atom stereocenters. The highest BCUT2D eigenvalue weighted by molar-refractivity contribution is 5.78. The fourth-order valence-electron chi connectivity index (χ4n) is 1.17. The summed E-state index contributed by atoms with van der Waals surface area (Å²) in [5, 5.41) is 9.06. The third-order valence-electron chi connectivity index (χ3n) is 1.72. The Hall–Kier alpha value is -1.01. The van der Waals surface area contributed by atoms with Gasteiger partial charge in [-0.05, 0) is 0 Å². The summed E-state index contributed by atoms with van der Waals surface area (Å²) >= 11 is 0. The minimum atomic E-state index is -0.486. The first-order valence-electron chi connectivity index (χ1n) is 3.63. The number of rotatable bonds is 2. The second kappa shape index (κ2) is 3.40. The smallest absolute Gasteiger partial charge is 0.225 e. The van der Waals surface area contributed by atoms with Gasteiger partial charge in [0, 0.05) is 19.5 Å². The number of carbonyl (C=O) groups is 1. The molecule has 0 aromatic heterocycles. The van der Waals surface area contributed by atoms with Crippen molar-refractivity contribution in [3.8, 4) is 12.3 Å². The second-order valence-corrected chi connectivity index (χ2v) is 2.65. The molecule has 3 heteroatoms. The molecule has 1 aliphatic rings. The number of β-amino-alcohol motifs (C(OH)–C–C–N with tert-alkyl or cyclic N) is 1. The van der Waals surface area contributed by atoms with E-state index in [0.717, 1.165) is 0 Å². The largest absolute Gasteiger partial charge is 0.391 e. The summed E-state index contributed by atoms with van der Waals surface area (Å²) < 4.78 is 0. The van der Waals surface area contributed by atoms with E-state index < -0.39 is 6.10 Å². The standard InChI is InChI=1S/C8H11NO2/c1-2-3-4-9-6-7(10)5-8(9)11/h1,7,10H,3-6H2. The number of likely N-dealkylation sites (tertiary alicyclic amines) is 1. The molecule has 0 radical (unpaired) electrons. The lowest BCUT2D eigenvalue weighted by Crippen LogP contribution is -2.26. The molecule has 0 aromatic carbocycles. The van der Waals surface area contributed by atoms with E-state index in [-0.39, 0.29) is 12.3 Å². The molecule has 0 aliphatic carbocycles. The van der Waals surface area contributed by atoms with Crippen LogP contribution in [0, 0.1) is 12.3 Å². The lowest BCUT2D eigenvalue weighted by molar-refractivity contribution is -0.127. The second-order valence-electron chi connectivity index (χ2n) is 2.65. The third-order valence-corrected chi connectivity index (χ3v) is 1.72. The van der Waals surface area contributed by atoms with Gasteiger partial charge < -0.3 is 10.0 Å². The van der Waals surface area contributed by atoms with Crippen LogP contribution in [0.5, 0.6) is 0 Å². The van der Waals surface area contributed by atoms with Crippen molar-refractivity contribution in [2.75, 3.05) is 13.1 Å². The maximum Gasteiger partial charge on any atom is 0.225 e. The van der Waals surface area contributed by atoms with Crippen molar-refractivity contribution < 1.29 is 9.90 Å². The van der Waals surface area contributed by atoms with Gasteiger partial charge in [-0.3, -0.25) is 4.79 Å². The molecule has 1 aliphatic heterocycles. The van der Waals surface area contributed by atoms with Gasteiger partial charge >= 0.3 is 0 Å². The lowest BCUT2D eigenvalue weighted by Gasteiger charge is -2.12. The quantitative estimate of drug-likeness (QED) is 0.548. The van der Waals surface area contributed by atoms with Gasteiger partial charge in [0.1, 0.15) is 0 Å². The zero-order chi connectivity index (χ0) is 8.27. The van der Waals surface area contributed by atoms with Crippen molar-refractivity contribution in [1.82, 2.24) is 4.90 Å². The number of terminal acetylenes is 1. The monoisotopic (exact) mass is 153 g/mol. The van der Waals surface area contributed by atoms with Crippen molar-refractivity contribution in [3.05, 3.63) is 0 Å². The number of aliphatic hydroxyl groups is 1. The molecule has 0 saturated carbocycles. The third kappa shape index (κ3) is 1.95. The average Bonchev–Trinajstić information content (AvgIpc) is 2.26. The van der Waals surface area contributed by atoms with Crippen LogP contribution in [-0.4, -0.2) is 35.1 Å². The Kier molecular flexibility index (Phi) is 2.50. The summed E-state index contributed by atoms with van der Waals surface area (Å²) in [5.41, 5.74) is 0. The number of amides is 1. The average molecular weight is 153 g/mol. The molecule has 3 nitrogen and oxygen atoms in total. The number of nitrogens with zero attached hydrogens (tertiary/aromatic N) is 1. The summed E-state index contributed by atoms with van der Waals surface area (Å²) in [7, 11) is 0. The molecule has 1 N–H and O–H groups in total. The van der Waals surface area contributed by atoms with Crippen LogP contribution >= 0.6 is 0 Å². The van der Waals surface area contributed by atoms with Crippen molar-refractivity contribution in [1.29, 1.82) is 0 Å². The molecule has 1 fully saturated rings. The minimum absolute atomic E-state index is 0.00718. The molecule has 1 amide bonds. The molecule has 11 heavy (non-hydrogen) atoms. The first-order chi connectivity index (χ1) is 5.24. The van der Waals surface area contributed by atoms with E-state index in [1.807, 2.05) is 0 Å². The first kappa shape index (κ1) is 8.09.